The smallest absolute Gasteiger partial charge is 0.258 e. The summed E-state index contributed by atoms with van der Waals surface area (Å²) in [6.07, 6.45) is 2.27. The third-order valence-corrected chi connectivity index (χ3v) is 3.94. The van der Waals surface area contributed by atoms with Crippen LogP contribution in [0.15, 0.2) is 36.4 Å². The molecule has 0 aliphatic rings. The van der Waals surface area contributed by atoms with Gasteiger partial charge in [0, 0.05) is 23.9 Å². The molecule has 0 aromatic heterocycles. The molecule has 0 spiro atoms. The van der Waals surface area contributed by atoms with Gasteiger partial charge in [0.05, 0.1) is 12.7 Å². The van der Waals surface area contributed by atoms with E-state index in [-0.39, 0.29) is 11.5 Å². The predicted molar refractivity (Wildman–Crippen MR) is 100 cm³/mol. The number of unbranched alkanes of at least 4 members (excludes halogenated alkanes) is 1. The Labute approximate surface area is 152 Å². The van der Waals surface area contributed by atoms with Gasteiger partial charge in [0.25, 0.3) is 5.91 Å². The van der Waals surface area contributed by atoms with Crippen LogP contribution in [0.4, 0.5) is 15.8 Å². The molecule has 2 N–H and O–H groups in total. The minimum absolute atomic E-state index is 0.0351. The van der Waals surface area contributed by atoms with Crippen LogP contribution in [-0.2, 0) is 4.79 Å². The number of carbonyl (C=O) groups excluding carboxylic acids is 2. The molecule has 0 saturated carbocycles. The molecule has 2 aromatic rings. The normalized spacial score (nSPS) is 10.3. The number of benzene rings is 2. The van der Waals surface area contributed by atoms with E-state index in [1.54, 1.807) is 18.2 Å². The Morgan fingerprint density at radius 1 is 1.12 bits per heavy atom. The average Bonchev–Trinajstić information content (AvgIpc) is 2.62. The van der Waals surface area contributed by atoms with Crippen molar-refractivity contribution in [2.75, 3.05) is 17.7 Å². The SMILES string of the molecule is CCCCC(=O)Nc1ccc(NC(=O)c2ccc(OC)cc2F)cc1C. The lowest BCUT2D eigenvalue weighted by atomic mass is 10.1. The zero-order valence-corrected chi connectivity index (χ0v) is 15.2. The molecule has 26 heavy (non-hydrogen) atoms. The zero-order valence-electron chi connectivity index (χ0n) is 15.2. The Kier molecular flexibility index (Phi) is 6.72. The van der Waals surface area contributed by atoms with Gasteiger partial charge in [-0.05, 0) is 49.2 Å². The third-order valence-electron chi connectivity index (χ3n) is 3.94. The van der Waals surface area contributed by atoms with Gasteiger partial charge < -0.3 is 15.4 Å². The molecule has 0 heterocycles. The van der Waals surface area contributed by atoms with Gasteiger partial charge in [-0.15, -0.1) is 0 Å². The summed E-state index contributed by atoms with van der Waals surface area (Å²) in [4.78, 5) is 24.1. The van der Waals surface area contributed by atoms with Gasteiger partial charge in [-0.2, -0.15) is 0 Å². The summed E-state index contributed by atoms with van der Waals surface area (Å²) in [6.45, 7) is 3.86. The second-order valence-corrected chi connectivity index (χ2v) is 5.98. The summed E-state index contributed by atoms with van der Waals surface area (Å²) >= 11 is 0. The maximum atomic E-state index is 14.0. The van der Waals surface area contributed by atoms with Gasteiger partial charge in [-0.25, -0.2) is 4.39 Å². The van der Waals surface area contributed by atoms with E-state index in [4.69, 9.17) is 4.74 Å². The van der Waals surface area contributed by atoms with Crippen LogP contribution in [-0.4, -0.2) is 18.9 Å². The third kappa shape index (κ3) is 5.05. The van der Waals surface area contributed by atoms with Crippen molar-refractivity contribution in [3.8, 4) is 5.75 Å². The fourth-order valence-corrected chi connectivity index (χ4v) is 2.44. The monoisotopic (exact) mass is 358 g/mol. The topological polar surface area (TPSA) is 67.4 Å². The van der Waals surface area contributed by atoms with Gasteiger partial charge in [-0.3, -0.25) is 9.59 Å². The maximum absolute atomic E-state index is 14.0. The molecule has 2 amide bonds. The molecule has 0 atom stereocenters. The van der Waals surface area contributed by atoms with Gasteiger partial charge in [0.2, 0.25) is 5.91 Å². The van der Waals surface area contributed by atoms with Gasteiger partial charge in [-0.1, -0.05) is 13.3 Å². The van der Waals surface area contributed by atoms with Crippen molar-refractivity contribution < 1.29 is 18.7 Å². The lowest BCUT2D eigenvalue weighted by Gasteiger charge is -2.12. The highest BCUT2D eigenvalue weighted by atomic mass is 19.1. The fourth-order valence-electron chi connectivity index (χ4n) is 2.44. The number of methoxy groups -OCH3 is 1. The molecule has 2 aromatic carbocycles. The number of halogens is 1. The van der Waals surface area contributed by atoms with E-state index in [1.165, 1.54) is 19.2 Å². The summed E-state index contributed by atoms with van der Waals surface area (Å²) in [7, 11) is 1.43. The quantitative estimate of drug-likeness (QED) is 0.764. The van der Waals surface area contributed by atoms with E-state index in [1.807, 2.05) is 13.8 Å². The van der Waals surface area contributed by atoms with Crippen molar-refractivity contribution in [2.24, 2.45) is 0 Å². The number of anilines is 2. The fraction of sp³-hybridized carbons (Fsp3) is 0.300. The van der Waals surface area contributed by atoms with Crippen molar-refractivity contribution >= 4 is 23.2 Å². The molecule has 0 fully saturated rings. The second kappa shape index (κ2) is 8.99. The number of carbonyl (C=O) groups is 2. The number of ether oxygens (including phenoxy) is 1. The van der Waals surface area contributed by atoms with Crippen molar-refractivity contribution in [3.63, 3.8) is 0 Å². The first-order valence-corrected chi connectivity index (χ1v) is 8.50. The molecular formula is C20H23FN2O3. The first kappa shape index (κ1) is 19.4. The molecule has 0 saturated heterocycles. The van der Waals surface area contributed by atoms with Gasteiger partial charge in [0.1, 0.15) is 11.6 Å². The van der Waals surface area contributed by atoms with E-state index >= 15 is 0 Å². The van der Waals surface area contributed by atoms with Gasteiger partial charge in [0.15, 0.2) is 0 Å². The lowest BCUT2D eigenvalue weighted by molar-refractivity contribution is -0.116. The van der Waals surface area contributed by atoms with Crippen LogP contribution in [0, 0.1) is 12.7 Å². The van der Waals surface area contributed by atoms with E-state index in [9.17, 15) is 14.0 Å². The predicted octanol–water partition coefficient (Wildman–Crippen LogP) is 4.52. The highest BCUT2D eigenvalue weighted by molar-refractivity contribution is 6.04. The van der Waals surface area contributed by atoms with Crippen LogP contribution in [0.25, 0.3) is 0 Å². The molecule has 0 aliphatic carbocycles. The maximum Gasteiger partial charge on any atom is 0.258 e. The Bertz CT molecular complexity index is 806. The molecule has 138 valence electrons. The van der Waals surface area contributed by atoms with Gasteiger partial charge >= 0.3 is 0 Å². The van der Waals surface area contributed by atoms with Crippen molar-refractivity contribution in [1.82, 2.24) is 0 Å². The number of nitrogens with one attached hydrogen (secondary N) is 2. The average molecular weight is 358 g/mol. The zero-order chi connectivity index (χ0) is 19.1. The number of rotatable bonds is 7. The molecular weight excluding hydrogens is 335 g/mol. The largest absolute Gasteiger partial charge is 0.497 e. The molecule has 2 rings (SSSR count). The highest BCUT2D eigenvalue weighted by Gasteiger charge is 2.13. The standard InChI is InChI=1S/C20H23FN2O3/c1-4-5-6-19(24)23-18-10-7-14(11-13(18)2)22-20(25)16-9-8-15(26-3)12-17(16)21/h7-12H,4-6H2,1-3H3,(H,22,25)(H,23,24). The minimum Gasteiger partial charge on any atom is -0.497 e. The Morgan fingerprint density at radius 2 is 1.88 bits per heavy atom. The summed E-state index contributed by atoms with van der Waals surface area (Å²) < 4.78 is 18.9. The van der Waals surface area contributed by atoms with Crippen LogP contribution in [0.5, 0.6) is 5.75 Å². The number of aryl methyl sites for hydroxylation is 1. The molecule has 0 aliphatic heterocycles. The Balaban J connectivity index is 2.07. The van der Waals surface area contributed by atoms with Crippen LogP contribution in [0.3, 0.4) is 0 Å². The first-order valence-electron chi connectivity index (χ1n) is 8.50. The van der Waals surface area contributed by atoms with Crippen molar-refractivity contribution in [3.05, 3.63) is 53.3 Å². The second-order valence-electron chi connectivity index (χ2n) is 5.98. The lowest BCUT2D eigenvalue weighted by Crippen LogP contribution is -2.15. The summed E-state index contributed by atoms with van der Waals surface area (Å²) in [5, 5.41) is 5.51. The summed E-state index contributed by atoms with van der Waals surface area (Å²) in [5.74, 6) is -0.896. The van der Waals surface area contributed by atoms with E-state index < -0.39 is 11.7 Å². The molecule has 0 bridgehead atoms. The first-order chi connectivity index (χ1) is 12.4. The Morgan fingerprint density at radius 3 is 2.50 bits per heavy atom. The molecule has 0 radical (unpaired) electrons. The van der Waals surface area contributed by atoms with E-state index in [2.05, 4.69) is 10.6 Å². The van der Waals surface area contributed by atoms with Crippen molar-refractivity contribution in [1.29, 1.82) is 0 Å². The van der Waals surface area contributed by atoms with Crippen molar-refractivity contribution in [2.45, 2.75) is 33.1 Å². The van der Waals surface area contributed by atoms with Crippen LogP contribution in [0.2, 0.25) is 0 Å². The summed E-state index contributed by atoms with van der Waals surface area (Å²) in [5.41, 5.74) is 1.96. The van der Waals surface area contributed by atoms with E-state index in [0.717, 1.165) is 24.5 Å². The molecule has 0 unspecified atom stereocenters. The van der Waals surface area contributed by atoms with Crippen LogP contribution < -0.4 is 15.4 Å². The highest BCUT2D eigenvalue weighted by Crippen LogP contribution is 2.22. The molecule has 5 nitrogen and oxygen atoms in total. The summed E-state index contributed by atoms with van der Waals surface area (Å²) in [6, 6.07) is 9.18. The van der Waals surface area contributed by atoms with Crippen LogP contribution in [0.1, 0.15) is 42.1 Å². The number of amides is 2. The molecule has 6 heteroatoms. The number of hydrogen-bond acceptors (Lipinski definition) is 3. The van der Waals surface area contributed by atoms with E-state index in [0.29, 0.717) is 23.5 Å². The Hall–Kier alpha value is -2.89. The number of hydrogen-bond donors (Lipinski definition) is 2. The minimum atomic E-state index is -0.654. The van der Waals surface area contributed by atoms with Crippen LogP contribution >= 0.6 is 0 Å².